The van der Waals surface area contributed by atoms with Gasteiger partial charge in [0.25, 0.3) is 5.90 Å². The highest BCUT2D eigenvalue weighted by atomic mass is 19.4. The molecule has 0 unspecified atom stereocenters. The number of halogens is 3. The monoisotopic (exact) mass is 373 g/mol. The van der Waals surface area contributed by atoms with E-state index in [0.717, 1.165) is 12.1 Å². The minimum absolute atomic E-state index is 0.00802. The van der Waals surface area contributed by atoms with Crippen molar-refractivity contribution < 1.29 is 31.5 Å². The van der Waals surface area contributed by atoms with Gasteiger partial charge in [0, 0.05) is 11.6 Å². The van der Waals surface area contributed by atoms with Crippen LogP contribution < -0.4 is 0 Å². The van der Waals surface area contributed by atoms with Gasteiger partial charge in [-0.15, -0.1) is 0 Å². The average Bonchev–Trinajstić information content (AvgIpc) is 3.37. The van der Waals surface area contributed by atoms with Crippen molar-refractivity contribution in [2.45, 2.75) is 6.18 Å². The molecule has 4 rings (SSSR count). The molecule has 27 heavy (non-hydrogen) atoms. The Labute approximate surface area is 150 Å². The second-order valence-corrected chi connectivity index (χ2v) is 5.59. The first-order chi connectivity index (χ1) is 12.9. The summed E-state index contributed by atoms with van der Waals surface area (Å²) >= 11 is 0. The Balaban J connectivity index is 1.62. The number of carbonyl (C=O) groups excluding carboxylic acids is 1. The van der Waals surface area contributed by atoms with Crippen LogP contribution in [-0.2, 0) is 15.7 Å². The van der Waals surface area contributed by atoms with Crippen molar-refractivity contribution in [3.63, 3.8) is 0 Å². The van der Waals surface area contributed by atoms with Crippen LogP contribution in [0.3, 0.4) is 0 Å². The van der Waals surface area contributed by atoms with E-state index in [2.05, 4.69) is 4.99 Å². The topological polar surface area (TPSA) is 64.9 Å². The summed E-state index contributed by atoms with van der Waals surface area (Å²) in [5.74, 6) is 0.128. The number of aliphatic imine (C=N–C) groups is 1. The molecule has 1 aliphatic heterocycles. The van der Waals surface area contributed by atoms with E-state index < -0.39 is 17.7 Å². The van der Waals surface area contributed by atoms with Crippen molar-refractivity contribution in [2.75, 3.05) is 0 Å². The molecule has 0 saturated carbocycles. The fraction of sp³-hybridized carbons (Fsp3) is 0.0526. The van der Waals surface area contributed by atoms with Crippen LogP contribution in [0.5, 0.6) is 0 Å². The van der Waals surface area contributed by atoms with E-state index in [1.165, 1.54) is 36.6 Å². The van der Waals surface area contributed by atoms with Gasteiger partial charge in [-0.1, -0.05) is 12.1 Å². The summed E-state index contributed by atoms with van der Waals surface area (Å²) in [6.07, 6.45) is -1.69. The predicted octanol–water partition coefficient (Wildman–Crippen LogP) is 4.90. The summed E-state index contributed by atoms with van der Waals surface area (Å²) in [5, 5.41) is 0. The van der Waals surface area contributed by atoms with Gasteiger partial charge in [0.2, 0.25) is 0 Å². The Bertz CT molecular complexity index is 1060. The molecule has 0 spiro atoms. The van der Waals surface area contributed by atoms with Crippen LogP contribution in [0.25, 0.3) is 17.4 Å². The van der Waals surface area contributed by atoms with E-state index in [-0.39, 0.29) is 28.7 Å². The van der Waals surface area contributed by atoms with Crippen LogP contribution in [-0.4, -0.2) is 11.9 Å². The van der Waals surface area contributed by atoms with Crippen molar-refractivity contribution in [3.05, 3.63) is 77.6 Å². The zero-order valence-electron chi connectivity index (χ0n) is 13.5. The van der Waals surface area contributed by atoms with Gasteiger partial charge < -0.3 is 13.6 Å². The third-order valence-corrected chi connectivity index (χ3v) is 3.73. The number of rotatable bonds is 3. The number of carbonyl (C=O) groups is 1. The van der Waals surface area contributed by atoms with E-state index >= 15 is 0 Å². The molecule has 1 aliphatic rings. The van der Waals surface area contributed by atoms with Crippen LogP contribution in [0.1, 0.15) is 17.1 Å². The first kappa shape index (κ1) is 16.9. The molecule has 5 nitrogen and oxygen atoms in total. The van der Waals surface area contributed by atoms with E-state index in [0.29, 0.717) is 5.76 Å². The molecule has 2 aromatic heterocycles. The molecule has 0 N–H and O–H groups in total. The second-order valence-electron chi connectivity index (χ2n) is 5.59. The number of cyclic esters (lactones) is 1. The molecule has 3 heterocycles. The Morgan fingerprint density at radius 1 is 1.00 bits per heavy atom. The number of benzene rings is 1. The molecule has 0 amide bonds. The molecule has 3 aromatic rings. The fourth-order valence-corrected chi connectivity index (χ4v) is 2.48. The highest BCUT2D eigenvalue weighted by Crippen LogP contribution is 2.33. The maximum Gasteiger partial charge on any atom is 0.416 e. The summed E-state index contributed by atoms with van der Waals surface area (Å²) < 4.78 is 54.2. The summed E-state index contributed by atoms with van der Waals surface area (Å²) in [5.41, 5.74) is -0.516. The molecule has 0 atom stereocenters. The lowest BCUT2D eigenvalue weighted by atomic mass is 10.1. The maximum atomic E-state index is 12.8. The van der Waals surface area contributed by atoms with Crippen molar-refractivity contribution in [2.24, 2.45) is 4.99 Å². The van der Waals surface area contributed by atoms with Gasteiger partial charge >= 0.3 is 12.1 Å². The van der Waals surface area contributed by atoms with Crippen LogP contribution in [0.4, 0.5) is 13.2 Å². The van der Waals surface area contributed by atoms with Crippen molar-refractivity contribution in [1.29, 1.82) is 0 Å². The van der Waals surface area contributed by atoms with E-state index in [1.54, 1.807) is 12.1 Å². The molecular formula is C19H10F3NO4. The minimum Gasteiger partial charge on any atom is -0.459 e. The lowest BCUT2D eigenvalue weighted by Gasteiger charge is -2.07. The van der Waals surface area contributed by atoms with Gasteiger partial charge in [0.15, 0.2) is 11.5 Å². The lowest BCUT2D eigenvalue weighted by molar-refractivity contribution is -0.137. The number of ether oxygens (including phenoxy) is 1. The van der Waals surface area contributed by atoms with Gasteiger partial charge in [0.1, 0.15) is 11.5 Å². The zero-order valence-corrected chi connectivity index (χ0v) is 13.5. The summed E-state index contributed by atoms with van der Waals surface area (Å²) in [7, 11) is 0. The van der Waals surface area contributed by atoms with Gasteiger partial charge in [-0.25, -0.2) is 9.79 Å². The zero-order chi connectivity index (χ0) is 19.0. The Kier molecular flexibility index (Phi) is 3.95. The molecule has 0 bridgehead atoms. The van der Waals surface area contributed by atoms with E-state index in [4.69, 9.17) is 13.6 Å². The first-order valence-electron chi connectivity index (χ1n) is 7.74. The van der Waals surface area contributed by atoms with E-state index in [1.807, 2.05) is 0 Å². The SMILES string of the molecule is O=C1OC(c2ccco2)=N/C1=C/c1ccc(-c2cccc(C(F)(F)F)c2)o1. The number of hydrogen-bond donors (Lipinski definition) is 0. The second kappa shape index (κ2) is 6.31. The number of alkyl halides is 3. The molecule has 0 radical (unpaired) electrons. The largest absolute Gasteiger partial charge is 0.459 e. The van der Waals surface area contributed by atoms with Crippen molar-refractivity contribution >= 4 is 17.9 Å². The summed E-state index contributed by atoms with van der Waals surface area (Å²) in [6, 6.07) is 11.0. The van der Waals surface area contributed by atoms with E-state index in [9.17, 15) is 18.0 Å². The average molecular weight is 373 g/mol. The number of furan rings is 2. The molecule has 0 saturated heterocycles. The fourth-order valence-electron chi connectivity index (χ4n) is 2.48. The number of nitrogens with zero attached hydrogens (tertiary/aromatic N) is 1. The standard InChI is InChI=1S/C19H10F3NO4/c20-19(21,22)12-4-1-3-11(9-12)15-7-6-13(26-15)10-14-18(24)27-17(23-14)16-5-2-8-25-16/h1-10H/b14-10+. The van der Waals surface area contributed by atoms with Crippen LogP contribution in [0.15, 0.2) is 74.3 Å². The predicted molar refractivity (Wildman–Crippen MR) is 88.5 cm³/mol. The molecule has 8 heteroatoms. The molecule has 0 fully saturated rings. The Morgan fingerprint density at radius 3 is 2.59 bits per heavy atom. The Hall–Kier alpha value is -3.55. The van der Waals surface area contributed by atoms with Crippen molar-refractivity contribution in [3.8, 4) is 11.3 Å². The third kappa shape index (κ3) is 3.41. The minimum atomic E-state index is -4.45. The van der Waals surface area contributed by atoms with Crippen LogP contribution >= 0.6 is 0 Å². The van der Waals surface area contributed by atoms with Gasteiger partial charge in [0.05, 0.1) is 11.8 Å². The van der Waals surface area contributed by atoms with Gasteiger partial charge in [-0.2, -0.15) is 13.2 Å². The molecule has 1 aromatic carbocycles. The summed E-state index contributed by atoms with van der Waals surface area (Å²) in [4.78, 5) is 15.9. The smallest absolute Gasteiger partial charge is 0.416 e. The molecule has 136 valence electrons. The molecule has 0 aliphatic carbocycles. The Morgan fingerprint density at radius 2 is 1.85 bits per heavy atom. The van der Waals surface area contributed by atoms with Crippen molar-refractivity contribution in [1.82, 2.24) is 0 Å². The third-order valence-electron chi connectivity index (χ3n) is 3.73. The van der Waals surface area contributed by atoms with Gasteiger partial charge in [-0.3, -0.25) is 0 Å². The van der Waals surface area contributed by atoms with Crippen LogP contribution in [0, 0.1) is 0 Å². The normalized spacial score (nSPS) is 15.9. The maximum absolute atomic E-state index is 12.8. The highest BCUT2D eigenvalue weighted by Gasteiger charge is 2.30. The quantitative estimate of drug-likeness (QED) is 0.484. The van der Waals surface area contributed by atoms with Gasteiger partial charge in [-0.05, 0) is 36.4 Å². The first-order valence-corrected chi connectivity index (χ1v) is 7.74. The lowest BCUT2D eigenvalue weighted by Crippen LogP contribution is -2.04. The van der Waals surface area contributed by atoms with Crippen LogP contribution in [0.2, 0.25) is 0 Å². The highest BCUT2D eigenvalue weighted by molar-refractivity contribution is 6.11. The summed E-state index contributed by atoms with van der Waals surface area (Å²) in [6.45, 7) is 0. The number of esters is 1. The molecular weight excluding hydrogens is 363 g/mol. The number of hydrogen-bond acceptors (Lipinski definition) is 5.